The molecule has 0 amide bonds. The van der Waals surface area contributed by atoms with Crippen molar-refractivity contribution in [3.63, 3.8) is 0 Å². The van der Waals surface area contributed by atoms with Crippen LogP contribution in [0.15, 0.2) is 48.5 Å². The first kappa shape index (κ1) is 19.6. The van der Waals surface area contributed by atoms with E-state index in [2.05, 4.69) is 50.4 Å². The Hall–Kier alpha value is -1.71. The molecule has 0 aromatic heterocycles. The smallest absolute Gasteiger partial charge is 0.126 e. The molecule has 2 aromatic rings. The highest BCUT2D eigenvalue weighted by atomic mass is 19.1. The second-order valence-electron chi connectivity index (χ2n) is 7.29. The summed E-state index contributed by atoms with van der Waals surface area (Å²) in [7, 11) is 0. The number of aliphatic hydroxyl groups excluding tert-OH is 1. The van der Waals surface area contributed by atoms with Crippen molar-refractivity contribution in [3.8, 4) is 0 Å². The van der Waals surface area contributed by atoms with Gasteiger partial charge >= 0.3 is 0 Å². The monoisotopic (exact) mass is 343 g/mol. The SMILES string of the molecule is Cc1ccccc1C(CC(C)C)NCC(CO)Cc1ccccc1F. The maximum Gasteiger partial charge on any atom is 0.126 e. The molecule has 0 radical (unpaired) electrons. The molecule has 136 valence electrons. The summed E-state index contributed by atoms with van der Waals surface area (Å²) in [5.74, 6) is 0.366. The summed E-state index contributed by atoms with van der Waals surface area (Å²) in [4.78, 5) is 0. The number of halogens is 1. The predicted molar refractivity (Wildman–Crippen MR) is 102 cm³/mol. The molecule has 0 heterocycles. The Morgan fingerprint density at radius 2 is 1.72 bits per heavy atom. The third-order valence-electron chi connectivity index (χ3n) is 4.65. The van der Waals surface area contributed by atoms with Crippen LogP contribution in [0.25, 0.3) is 0 Å². The maximum absolute atomic E-state index is 13.9. The van der Waals surface area contributed by atoms with Gasteiger partial charge in [0.25, 0.3) is 0 Å². The van der Waals surface area contributed by atoms with Crippen molar-refractivity contribution < 1.29 is 9.50 Å². The Kier molecular flexibility index (Phi) is 7.60. The van der Waals surface area contributed by atoms with Crippen LogP contribution in [0.4, 0.5) is 4.39 Å². The highest BCUT2D eigenvalue weighted by molar-refractivity contribution is 5.28. The van der Waals surface area contributed by atoms with Gasteiger partial charge in [-0.2, -0.15) is 0 Å². The van der Waals surface area contributed by atoms with Crippen LogP contribution in [0.5, 0.6) is 0 Å². The maximum atomic E-state index is 13.9. The van der Waals surface area contributed by atoms with E-state index in [1.54, 1.807) is 12.1 Å². The molecule has 2 rings (SSSR count). The summed E-state index contributed by atoms with van der Waals surface area (Å²) >= 11 is 0. The number of hydrogen-bond acceptors (Lipinski definition) is 2. The zero-order chi connectivity index (χ0) is 18.2. The van der Waals surface area contributed by atoms with Crippen molar-refractivity contribution in [2.75, 3.05) is 13.2 Å². The summed E-state index contributed by atoms with van der Waals surface area (Å²) in [6, 6.07) is 15.5. The van der Waals surface area contributed by atoms with E-state index < -0.39 is 0 Å². The highest BCUT2D eigenvalue weighted by Gasteiger charge is 2.18. The fourth-order valence-electron chi connectivity index (χ4n) is 3.25. The van der Waals surface area contributed by atoms with Crippen molar-refractivity contribution in [3.05, 3.63) is 71.0 Å². The molecule has 0 aliphatic carbocycles. The van der Waals surface area contributed by atoms with Crippen LogP contribution in [0.2, 0.25) is 0 Å². The molecular weight excluding hydrogens is 313 g/mol. The van der Waals surface area contributed by atoms with Crippen molar-refractivity contribution in [1.29, 1.82) is 0 Å². The lowest BCUT2D eigenvalue weighted by Crippen LogP contribution is -2.31. The largest absolute Gasteiger partial charge is 0.396 e. The van der Waals surface area contributed by atoms with Gasteiger partial charge in [-0.25, -0.2) is 4.39 Å². The summed E-state index contributed by atoms with van der Waals surface area (Å²) < 4.78 is 13.9. The van der Waals surface area contributed by atoms with E-state index in [0.717, 1.165) is 6.42 Å². The number of nitrogens with one attached hydrogen (secondary N) is 1. The van der Waals surface area contributed by atoms with E-state index >= 15 is 0 Å². The summed E-state index contributed by atoms with van der Waals surface area (Å²) in [5.41, 5.74) is 3.24. The highest BCUT2D eigenvalue weighted by Crippen LogP contribution is 2.24. The van der Waals surface area contributed by atoms with E-state index in [-0.39, 0.29) is 24.4 Å². The molecule has 2 nitrogen and oxygen atoms in total. The third kappa shape index (κ3) is 5.94. The minimum atomic E-state index is -0.196. The Labute approximate surface area is 151 Å². The Balaban J connectivity index is 2.05. The van der Waals surface area contributed by atoms with Gasteiger partial charge in [0.15, 0.2) is 0 Å². The van der Waals surface area contributed by atoms with Gasteiger partial charge < -0.3 is 10.4 Å². The van der Waals surface area contributed by atoms with Gasteiger partial charge in [0, 0.05) is 19.2 Å². The number of benzene rings is 2. The van der Waals surface area contributed by atoms with Gasteiger partial charge in [-0.3, -0.25) is 0 Å². The minimum Gasteiger partial charge on any atom is -0.396 e. The molecule has 0 fully saturated rings. The zero-order valence-electron chi connectivity index (χ0n) is 15.5. The van der Waals surface area contributed by atoms with Crippen molar-refractivity contribution in [2.24, 2.45) is 11.8 Å². The predicted octanol–water partition coefficient (Wildman–Crippen LogP) is 4.66. The molecule has 2 aromatic carbocycles. The molecule has 0 bridgehead atoms. The van der Waals surface area contributed by atoms with Crippen LogP contribution in [-0.2, 0) is 6.42 Å². The third-order valence-corrected chi connectivity index (χ3v) is 4.65. The van der Waals surface area contributed by atoms with E-state index in [4.69, 9.17) is 0 Å². The number of hydrogen-bond donors (Lipinski definition) is 2. The van der Waals surface area contributed by atoms with Gasteiger partial charge in [0.05, 0.1) is 0 Å². The molecule has 0 saturated carbocycles. The molecule has 0 saturated heterocycles. The van der Waals surface area contributed by atoms with Gasteiger partial charge in [-0.15, -0.1) is 0 Å². The van der Waals surface area contributed by atoms with Crippen LogP contribution >= 0.6 is 0 Å². The molecule has 2 N–H and O–H groups in total. The van der Waals surface area contributed by atoms with Crippen LogP contribution in [0.1, 0.15) is 43.0 Å². The average Bonchev–Trinajstić information content (AvgIpc) is 2.59. The fraction of sp³-hybridized carbons (Fsp3) is 0.455. The molecule has 2 atom stereocenters. The van der Waals surface area contributed by atoms with Crippen molar-refractivity contribution >= 4 is 0 Å². The van der Waals surface area contributed by atoms with Gasteiger partial charge in [0.2, 0.25) is 0 Å². The number of aryl methyl sites for hydroxylation is 1. The van der Waals surface area contributed by atoms with Crippen molar-refractivity contribution in [1.82, 2.24) is 5.32 Å². The van der Waals surface area contributed by atoms with Crippen LogP contribution < -0.4 is 5.32 Å². The zero-order valence-corrected chi connectivity index (χ0v) is 15.5. The van der Waals surface area contributed by atoms with Crippen LogP contribution in [-0.4, -0.2) is 18.3 Å². The second-order valence-corrected chi connectivity index (χ2v) is 7.29. The lowest BCUT2D eigenvalue weighted by atomic mass is 9.92. The van der Waals surface area contributed by atoms with E-state index in [1.165, 1.54) is 17.2 Å². The number of rotatable bonds is 9. The van der Waals surface area contributed by atoms with Gasteiger partial charge in [-0.1, -0.05) is 56.3 Å². The summed E-state index contributed by atoms with van der Waals surface area (Å²) in [5, 5.41) is 13.4. The first-order chi connectivity index (χ1) is 12.0. The number of aliphatic hydroxyl groups is 1. The van der Waals surface area contributed by atoms with Crippen molar-refractivity contribution in [2.45, 2.75) is 39.7 Å². The second kappa shape index (κ2) is 9.69. The quantitative estimate of drug-likeness (QED) is 0.694. The molecular formula is C22H30FNO. The van der Waals surface area contributed by atoms with E-state index in [1.807, 2.05) is 6.07 Å². The Morgan fingerprint density at radius 1 is 1.04 bits per heavy atom. The summed E-state index contributed by atoms with van der Waals surface area (Å²) in [6.07, 6.45) is 1.57. The summed E-state index contributed by atoms with van der Waals surface area (Å²) in [6.45, 7) is 7.28. The van der Waals surface area contributed by atoms with Crippen LogP contribution in [0.3, 0.4) is 0 Å². The molecule has 3 heteroatoms. The Bertz CT molecular complexity index is 656. The first-order valence-corrected chi connectivity index (χ1v) is 9.14. The lowest BCUT2D eigenvalue weighted by molar-refractivity contribution is 0.215. The van der Waals surface area contributed by atoms with E-state index in [9.17, 15) is 9.50 Å². The lowest BCUT2D eigenvalue weighted by Gasteiger charge is -2.25. The normalized spacial score (nSPS) is 13.8. The Morgan fingerprint density at radius 3 is 2.36 bits per heavy atom. The van der Waals surface area contributed by atoms with E-state index in [0.29, 0.717) is 24.4 Å². The average molecular weight is 343 g/mol. The van der Waals surface area contributed by atoms with Gasteiger partial charge in [0.1, 0.15) is 5.82 Å². The van der Waals surface area contributed by atoms with Crippen LogP contribution in [0, 0.1) is 24.6 Å². The first-order valence-electron chi connectivity index (χ1n) is 9.14. The standard InChI is InChI=1S/C22H30FNO/c1-16(2)12-22(20-10-6-4-8-17(20)3)24-14-18(15-25)13-19-9-5-7-11-21(19)23/h4-11,16,18,22,24-25H,12-15H2,1-3H3. The fourth-order valence-corrected chi connectivity index (χ4v) is 3.25. The minimum absolute atomic E-state index is 0.00409. The molecule has 0 aliphatic heterocycles. The molecule has 2 unspecified atom stereocenters. The molecule has 0 aliphatic rings. The molecule has 25 heavy (non-hydrogen) atoms. The molecule has 0 spiro atoms. The topological polar surface area (TPSA) is 32.3 Å². The van der Waals surface area contributed by atoms with Gasteiger partial charge in [-0.05, 0) is 54.4 Å².